The maximum absolute atomic E-state index is 6.39. The minimum Gasteiger partial charge on any atom is -0.460 e. The SMILES string of the molecule is C1=Cc2c(oc3ccc(-c4cccc(-c5c6ccccc6c(-c6ccc(-c7cccc8c7oc7ccccc78)cc6)c6ccccc56)c4)cc23)CC1. The monoisotopic (exact) mass is 664 g/mol. The molecule has 11 rings (SSSR count). The Morgan fingerprint density at radius 1 is 0.385 bits per heavy atom. The number of benzene rings is 8. The molecular weight excluding hydrogens is 633 g/mol. The van der Waals surface area contributed by atoms with Crippen molar-refractivity contribution in [1.82, 2.24) is 0 Å². The third-order valence-electron chi connectivity index (χ3n) is 10.9. The molecule has 0 aliphatic heterocycles. The van der Waals surface area contributed by atoms with E-state index < -0.39 is 0 Å². The summed E-state index contributed by atoms with van der Waals surface area (Å²) in [5.41, 5.74) is 13.6. The van der Waals surface area contributed by atoms with Gasteiger partial charge in [0, 0.05) is 33.7 Å². The number of hydrogen-bond donors (Lipinski definition) is 0. The predicted molar refractivity (Wildman–Crippen MR) is 218 cm³/mol. The molecule has 0 amide bonds. The highest BCUT2D eigenvalue weighted by atomic mass is 16.3. The summed E-state index contributed by atoms with van der Waals surface area (Å²) >= 11 is 0. The molecule has 2 nitrogen and oxygen atoms in total. The fourth-order valence-electron chi connectivity index (χ4n) is 8.53. The highest BCUT2D eigenvalue weighted by Gasteiger charge is 2.19. The lowest BCUT2D eigenvalue weighted by atomic mass is 9.85. The zero-order chi connectivity index (χ0) is 34.2. The summed E-state index contributed by atoms with van der Waals surface area (Å²) in [5.74, 6) is 1.10. The summed E-state index contributed by atoms with van der Waals surface area (Å²) in [6, 6.07) is 57.1. The Morgan fingerprint density at radius 2 is 0.962 bits per heavy atom. The molecule has 10 aromatic rings. The van der Waals surface area contributed by atoms with E-state index >= 15 is 0 Å². The lowest BCUT2D eigenvalue weighted by Crippen LogP contribution is -1.91. The molecule has 0 bridgehead atoms. The Labute approximate surface area is 300 Å². The van der Waals surface area contributed by atoms with Crippen LogP contribution in [0.2, 0.25) is 0 Å². The van der Waals surface area contributed by atoms with E-state index in [1.54, 1.807) is 0 Å². The van der Waals surface area contributed by atoms with Crippen LogP contribution < -0.4 is 0 Å². The lowest BCUT2D eigenvalue weighted by Gasteiger charge is -2.18. The van der Waals surface area contributed by atoms with Gasteiger partial charge in [-0.1, -0.05) is 146 Å². The number of aryl methyl sites for hydroxylation is 1. The minimum atomic E-state index is 0.917. The summed E-state index contributed by atoms with van der Waals surface area (Å²) < 4.78 is 12.6. The highest BCUT2D eigenvalue weighted by Crippen LogP contribution is 2.45. The molecule has 2 heterocycles. The Kier molecular flexibility index (Phi) is 6.41. The summed E-state index contributed by atoms with van der Waals surface area (Å²) in [6.45, 7) is 0. The summed E-state index contributed by atoms with van der Waals surface area (Å²) in [6.07, 6.45) is 6.47. The minimum absolute atomic E-state index is 0.917. The van der Waals surface area contributed by atoms with Gasteiger partial charge in [0.1, 0.15) is 22.5 Å². The number of fused-ring (bicyclic) bond motifs is 8. The molecule has 0 saturated heterocycles. The quantitative estimate of drug-likeness (QED) is 0.175. The van der Waals surface area contributed by atoms with Crippen molar-refractivity contribution in [2.24, 2.45) is 0 Å². The van der Waals surface area contributed by atoms with Gasteiger partial charge in [0.15, 0.2) is 0 Å². The third-order valence-corrected chi connectivity index (χ3v) is 10.9. The van der Waals surface area contributed by atoms with Crippen molar-refractivity contribution in [3.63, 3.8) is 0 Å². The fourth-order valence-corrected chi connectivity index (χ4v) is 8.53. The first-order valence-corrected chi connectivity index (χ1v) is 18.1. The van der Waals surface area contributed by atoms with E-state index in [9.17, 15) is 0 Å². The van der Waals surface area contributed by atoms with Crippen LogP contribution in [0, 0.1) is 0 Å². The van der Waals surface area contributed by atoms with E-state index in [0.717, 1.165) is 57.3 Å². The van der Waals surface area contributed by atoms with Crippen molar-refractivity contribution >= 4 is 60.5 Å². The van der Waals surface area contributed by atoms with Gasteiger partial charge in [-0.15, -0.1) is 0 Å². The van der Waals surface area contributed by atoms with E-state index in [1.165, 1.54) is 65.9 Å². The van der Waals surface area contributed by atoms with Crippen molar-refractivity contribution in [3.8, 4) is 44.5 Å². The maximum Gasteiger partial charge on any atom is 0.143 e. The first-order chi connectivity index (χ1) is 25.8. The van der Waals surface area contributed by atoms with E-state index in [0.29, 0.717) is 0 Å². The first kappa shape index (κ1) is 29.1. The predicted octanol–water partition coefficient (Wildman–Crippen LogP) is 14.3. The van der Waals surface area contributed by atoms with Gasteiger partial charge in [0.25, 0.3) is 0 Å². The molecule has 0 saturated carbocycles. The van der Waals surface area contributed by atoms with Gasteiger partial charge in [0.2, 0.25) is 0 Å². The smallest absolute Gasteiger partial charge is 0.143 e. The zero-order valence-electron chi connectivity index (χ0n) is 28.4. The van der Waals surface area contributed by atoms with Crippen molar-refractivity contribution in [2.45, 2.75) is 12.8 Å². The Balaban J connectivity index is 1.06. The molecule has 0 radical (unpaired) electrons. The van der Waals surface area contributed by atoms with Gasteiger partial charge in [0.05, 0.1) is 0 Å². The first-order valence-electron chi connectivity index (χ1n) is 18.1. The number of furan rings is 2. The third kappa shape index (κ3) is 4.44. The average molecular weight is 665 g/mol. The highest BCUT2D eigenvalue weighted by molar-refractivity contribution is 6.21. The van der Waals surface area contributed by atoms with E-state index in [4.69, 9.17) is 8.83 Å². The van der Waals surface area contributed by atoms with E-state index in [1.807, 2.05) is 12.1 Å². The van der Waals surface area contributed by atoms with Crippen LogP contribution >= 0.6 is 0 Å². The number of rotatable bonds is 4. The fraction of sp³-hybridized carbons (Fsp3) is 0.0400. The van der Waals surface area contributed by atoms with Crippen LogP contribution in [0.4, 0.5) is 0 Å². The van der Waals surface area contributed by atoms with Crippen LogP contribution in [-0.2, 0) is 6.42 Å². The van der Waals surface area contributed by atoms with Crippen molar-refractivity contribution in [2.75, 3.05) is 0 Å². The molecule has 1 aliphatic carbocycles. The lowest BCUT2D eigenvalue weighted by molar-refractivity contribution is 0.546. The second-order valence-electron chi connectivity index (χ2n) is 13.9. The number of hydrogen-bond acceptors (Lipinski definition) is 2. The molecule has 8 aromatic carbocycles. The second kappa shape index (κ2) is 11.4. The molecule has 0 unspecified atom stereocenters. The maximum atomic E-state index is 6.39. The topological polar surface area (TPSA) is 26.3 Å². The van der Waals surface area contributed by atoms with Crippen LogP contribution in [0.1, 0.15) is 17.7 Å². The Morgan fingerprint density at radius 3 is 1.73 bits per heavy atom. The van der Waals surface area contributed by atoms with Crippen LogP contribution in [-0.4, -0.2) is 0 Å². The molecule has 244 valence electrons. The Bertz CT molecular complexity index is 3000. The van der Waals surface area contributed by atoms with Gasteiger partial charge in [-0.05, 0) is 91.2 Å². The number of allylic oxidation sites excluding steroid dienone is 1. The number of para-hydroxylation sites is 2. The van der Waals surface area contributed by atoms with Gasteiger partial charge < -0.3 is 8.83 Å². The van der Waals surface area contributed by atoms with Gasteiger partial charge >= 0.3 is 0 Å². The van der Waals surface area contributed by atoms with Gasteiger partial charge in [-0.3, -0.25) is 0 Å². The molecule has 1 aliphatic rings. The van der Waals surface area contributed by atoms with Crippen molar-refractivity contribution in [3.05, 3.63) is 175 Å². The zero-order valence-corrected chi connectivity index (χ0v) is 28.4. The van der Waals surface area contributed by atoms with Gasteiger partial charge in [-0.2, -0.15) is 0 Å². The normalized spacial score (nSPS) is 12.8. The second-order valence-corrected chi connectivity index (χ2v) is 13.9. The van der Waals surface area contributed by atoms with E-state index in [2.05, 4.69) is 158 Å². The van der Waals surface area contributed by atoms with Crippen LogP contribution in [0.15, 0.2) is 173 Å². The molecule has 0 fully saturated rings. The molecule has 2 heteroatoms. The summed E-state index contributed by atoms with van der Waals surface area (Å²) in [5, 5.41) is 8.46. The molecule has 0 spiro atoms. The van der Waals surface area contributed by atoms with Crippen molar-refractivity contribution in [1.29, 1.82) is 0 Å². The van der Waals surface area contributed by atoms with Crippen LogP contribution in [0.25, 0.3) is 105 Å². The molecule has 0 atom stereocenters. The largest absolute Gasteiger partial charge is 0.460 e. The molecule has 0 N–H and O–H groups in total. The average Bonchev–Trinajstić information content (AvgIpc) is 3.78. The molecular formula is C50H32O2. The van der Waals surface area contributed by atoms with Crippen LogP contribution in [0.5, 0.6) is 0 Å². The summed E-state index contributed by atoms with van der Waals surface area (Å²) in [4.78, 5) is 0. The van der Waals surface area contributed by atoms with Crippen molar-refractivity contribution < 1.29 is 8.83 Å². The summed E-state index contributed by atoms with van der Waals surface area (Å²) in [7, 11) is 0. The standard InChI is InChI=1S/C50H32O2/c1-3-17-41-39(15-1)48(32-25-23-31(24-26-32)36-19-10-20-43-37-13-5-8-22-46(37)52-50(36)43)40-16-2-4-18-42(40)49(41)35-12-9-11-33(29-35)34-27-28-47-44(30-34)38-14-6-7-21-45(38)51-47/h1-6,8-20,22-30H,7,21H2. The van der Waals surface area contributed by atoms with Crippen LogP contribution in [0.3, 0.4) is 0 Å². The van der Waals surface area contributed by atoms with Gasteiger partial charge in [-0.25, -0.2) is 0 Å². The molecule has 52 heavy (non-hydrogen) atoms. The van der Waals surface area contributed by atoms with E-state index in [-0.39, 0.29) is 0 Å². The molecule has 2 aromatic heterocycles. The Hall–Kier alpha value is -6.64.